The van der Waals surface area contributed by atoms with Crippen molar-refractivity contribution in [2.45, 2.75) is 44.9 Å². The summed E-state index contributed by atoms with van der Waals surface area (Å²) in [4.78, 5) is 67.5. The first kappa shape index (κ1) is 28.8. The minimum Gasteiger partial charge on any atom is -0.505 e. The normalized spacial score (nSPS) is 30.3. The number of aliphatic hydroxyl groups is 1. The van der Waals surface area contributed by atoms with E-state index in [4.69, 9.17) is 5.73 Å². The summed E-state index contributed by atoms with van der Waals surface area (Å²) < 4.78 is 16.0. The molecular weight excluding hydrogens is 511 g/mol. The van der Waals surface area contributed by atoms with Crippen LogP contribution < -0.4 is 16.4 Å². The Labute approximate surface area is 225 Å². The molecule has 6 N–H and O–H groups in total. The van der Waals surface area contributed by atoms with E-state index in [-0.39, 0.29) is 47.7 Å². The van der Waals surface area contributed by atoms with Gasteiger partial charge in [-0.2, -0.15) is 0 Å². The molecule has 3 aliphatic carbocycles. The van der Waals surface area contributed by atoms with Gasteiger partial charge < -0.3 is 26.6 Å². The van der Waals surface area contributed by atoms with Gasteiger partial charge in [-0.3, -0.25) is 28.9 Å². The number of carbonyl (C=O) groups excluding carboxylic acids is 5. The van der Waals surface area contributed by atoms with Crippen LogP contribution in [0.3, 0.4) is 0 Å². The summed E-state index contributed by atoms with van der Waals surface area (Å²) in [5.74, 6) is -12.2. The number of phenolic OH excluding ortho intramolecular Hbond substituents is 1. The molecule has 1 amide bonds. The molecule has 12 heteroatoms. The predicted molar refractivity (Wildman–Crippen MR) is 137 cm³/mol. The van der Waals surface area contributed by atoms with Gasteiger partial charge in [-0.15, -0.1) is 0 Å². The quantitative estimate of drug-likeness (QED) is 0.227. The van der Waals surface area contributed by atoms with Gasteiger partial charge in [-0.25, -0.2) is 4.39 Å². The summed E-state index contributed by atoms with van der Waals surface area (Å²) in [7, 11) is 4.47. The predicted octanol–water partition coefficient (Wildman–Crippen LogP) is -0.207. The first-order chi connectivity index (χ1) is 18.2. The van der Waals surface area contributed by atoms with Crippen molar-refractivity contribution >= 4 is 34.7 Å². The lowest BCUT2D eigenvalue weighted by molar-refractivity contribution is -0.181. The highest BCUT2D eigenvalue weighted by Crippen LogP contribution is 2.52. The third-order valence-electron chi connectivity index (χ3n) is 8.37. The molecule has 4 rings (SSSR count). The van der Waals surface area contributed by atoms with Crippen LogP contribution in [0.2, 0.25) is 0 Å². The zero-order valence-electron chi connectivity index (χ0n) is 22.6. The Morgan fingerprint density at radius 3 is 2.38 bits per heavy atom. The summed E-state index contributed by atoms with van der Waals surface area (Å²) in [6.07, 6.45) is -0.273. The largest absolute Gasteiger partial charge is 0.505 e. The molecule has 0 bridgehead atoms. The molecule has 2 saturated carbocycles. The van der Waals surface area contributed by atoms with E-state index in [0.717, 1.165) is 0 Å². The molecule has 11 nitrogen and oxygen atoms in total. The maximum atomic E-state index is 16.0. The Hall–Kier alpha value is -3.22. The van der Waals surface area contributed by atoms with Crippen LogP contribution >= 0.6 is 0 Å². The van der Waals surface area contributed by atoms with E-state index in [1.165, 1.54) is 26.0 Å². The van der Waals surface area contributed by atoms with Crippen LogP contribution in [-0.4, -0.2) is 83.5 Å². The van der Waals surface area contributed by atoms with E-state index in [0.29, 0.717) is 6.54 Å². The lowest BCUT2D eigenvalue weighted by Crippen LogP contribution is -2.74. The number of rotatable bonds is 7. The van der Waals surface area contributed by atoms with Crippen molar-refractivity contribution in [3.8, 4) is 5.75 Å². The number of likely N-dealkylation sites (N-methyl/N-ethyl adjacent to an activating group) is 1. The minimum absolute atomic E-state index is 0.00467. The highest BCUT2D eigenvalue weighted by Gasteiger charge is 2.69. The Morgan fingerprint density at radius 1 is 1.21 bits per heavy atom. The van der Waals surface area contributed by atoms with Gasteiger partial charge in [0, 0.05) is 30.6 Å². The summed E-state index contributed by atoms with van der Waals surface area (Å²) in [6.45, 7) is 4.63. The smallest absolute Gasteiger partial charge is 0.235 e. The number of Topliss-reactive ketones (excluding diaryl/α,β-unsaturated/α-hetero) is 4. The molecule has 0 aromatic heterocycles. The molecule has 0 radical (unpaired) electrons. The van der Waals surface area contributed by atoms with E-state index in [2.05, 4.69) is 10.6 Å². The van der Waals surface area contributed by atoms with E-state index < -0.39 is 75.9 Å². The number of ketones is 4. The van der Waals surface area contributed by atoms with Crippen LogP contribution in [0.4, 0.5) is 10.1 Å². The molecule has 2 fully saturated rings. The molecule has 0 spiro atoms. The molecule has 39 heavy (non-hydrogen) atoms. The maximum absolute atomic E-state index is 16.0. The van der Waals surface area contributed by atoms with Gasteiger partial charge in [0.2, 0.25) is 5.91 Å². The van der Waals surface area contributed by atoms with E-state index >= 15 is 4.39 Å². The number of nitrogens with one attached hydrogen (secondary N) is 2. The molecule has 6 unspecified atom stereocenters. The van der Waals surface area contributed by atoms with Crippen LogP contribution in [0.5, 0.6) is 5.75 Å². The highest BCUT2D eigenvalue weighted by atomic mass is 19.1. The fraction of sp³-hybridized carbons (Fsp3) is 0.593. The lowest BCUT2D eigenvalue weighted by atomic mass is 9.52. The molecule has 1 aromatic rings. The van der Waals surface area contributed by atoms with Gasteiger partial charge in [0.15, 0.2) is 34.7 Å². The first-order valence-electron chi connectivity index (χ1n) is 13.0. The Bertz CT molecular complexity index is 1280. The summed E-state index contributed by atoms with van der Waals surface area (Å²) in [6, 6.07) is -1.22. The highest BCUT2D eigenvalue weighted by molar-refractivity contribution is 6.32. The van der Waals surface area contributed by atoms with Crippen molar-refractivity contribution in [1.82, 2.24) is 10.2 Å². The monoisotopic (exact) mass is 546 g/mol. The summed E-state index contributed by atoms with van der Waals surface area (Å²) in [5, 5.41) is 28.5. The number of halogens is 1. The van der Waals surface area contributed by atoms with Crippen molar-refractivity contribution in [2.24, 2.45) is 35.3 Å². The average Bonchev–Trinajstić information content (AvgIpc) is 2.83. The first-order valence-corrected chi connectivity index (χ1v) is 13.0. The second-order valence-electron chi connectivity index (χ2n) is 11.4. The Morgan fingerprint density at radius 2 is 1.85 bits per heavy atom. The van der Waals surface area contributed by atoms with E-state index in [1.807, 2.05) is 13.8 Å². The van der Waals surface area contributed by atoms with Gasteiger partial charge in [0.25, 0.3) is 0 Å². The van der Waals surface area contributed by atoms with Crippen LogP contribution in [0.25, 0.3) is 0 Å². The van der Waals surface area contributed by atoms with Crippen LogP contribution in [-0.2, 0) is 32.1 Å². The van der Waals surface area contributed by atoms with Gasteiger partial charge >= 0.3 is 0 Å². The van der Waals surface area contributed by atoms with Crippen molar-refractivity contribution in [1.29, 1.82) is 0 Å². The van der Waals surface area contributed by atoms with Crippen molar-refractivity contribution in [3.63, 3.8) is 0 Å². The number of anilines is 1. The van der Waals surface area contributed by atoms with Crippen LogP contribution in [0.1, 0.15) is 41.8 Å². The number of amides is 1. The fourth-order valence-corrected chi connectivity index (χ4v) is 6.67. The molecule has 0 heterocycles. The Balaban J connectivity index is 1.84. The third-order valence-corrected chi connectivity index (χ3v) is 8.37. The van der Waals surface area contributed by atoms with Gasteiger partial charge in [0.05, 0.1) is 23.2 Å². The molecule has 212 valence electrons. The topological polar surface area (TPSA) is 179 Å². The molecule has 3 aliphatic rings. The number of primary amides is 1. The van der Waals surface area contributed by atoms with Gasteiger partial charge in [0.1, 0.15) is 11.6 Å². The summed E-state index contributed by atoms with van der Waals surface area (Å²) in [5.41, 5.74) is 2.20. The van der Waals surface area contributed by atoms with E-state index in [9.17, 15) is 34.2 Å². The zero-order chi connectivity index (χ0) is 29.1. The third kappa shape index (κ3) is 4.16. The van der Waals surface area contributed by atoms with E-state index in [1.54, 1.807) is 0 Å². The number of benzene rings is 1. The van der Waals surface area contributed by atoms with Crippen molar-refractivity contribution in [3.05, 3.63) is 22.5 Å². The van der Waals surface area contributed by atoms with Gasteiger partial charge in [-0.05, 0) is 45.3 Å². The fourth-order valence-electron chi connectivity index (χ4n) is 6.67. The maximum Gasteiger partial charge on any atom is 0.235 e. The molecule has 1 aromatic carbocycles. The number of hydrogen-bond donors (Lipinski definition) is 5. The molecule has 0 saturated heterocycles. The van der Waals surface area contributed by atoms with Gasteiger partial charge in [-0.1, -0.05) is 13.8 Å². The number of hydrogen-bond acceptors (Lipinski definition) is 10. The Kier molecular flexibility index (Phi) is 7.43. The second kappa shape index (κ2) is 10.1. The van der Waals surface area contributed by atoms with Crippen LogP contribution in [0.15, 0.2) is 0 Å². The number of nitrogens with zero attached hydrogens (tertiary/aromatic N) is 1. The average molecular weight is 547 g/mol. The number of carbonyl (C=O) groups is 5. The number of fused-ring (bicyclic) bond motifs is 3. The van der Waals surface area contributed by atoms with Crippen LogP contribution in [0, 0.1) is 35.4 Å². The zero-order valence-corrected chi connectivity index (χ0v) is 22.6. The molecule has 6 atom stereocenters. The van der Waals surface area contributed by atoms with Crippen molar-refractivity contribution < 1.29 is 38.6 Å². The minimum atomic E-state index is -2.82. The van der Waals surface area contributed by atoms with Crippen molar-refractivity contribution in [2.75, 3.05) is 33.0 Å². The second-order valence-corrected chi connectivity index (χ2v) is 11.4. The lowest BCUT2D eigenvalue weighted by Gasteiger charge is -2.52. The molecule has 0 aliphatic heterocycles. The number of aromatic hydroxyl groups is 1. The SMILES string of the molecule is CNc1c(O)c2c(c(F)c1CNCC(C)C)CC1CC3C(N(C)C)C(=O)C(C(N)=O)C(=O)C3(O)C(=O)C1C2=O. The summed E-state index contributed by atoms with van der Waals surface area (Å²) >= 11 is 0. The number of phenols is 1. The molecular formula is C27H35FN4O7. The standard InChI is InChI=1S/C27H35FN4O7/c1-10(2)8-31-9-13-18(28)12-6-11-7-14-20(32(4)5)23(35)17(26(29)38)25(37)27(14,39)24(36)15(11)21(33)16(12)22(34)19(13)30-3/h10-11,14-15,17,20,30-31,34,39H,6-9H2,1-5H3,(H2,29,38). The number of nitrogens with two attached hydrogens (primary N) is 1.